The minimum atomic E-state index is -0.425. The Bertz CT molecular complexity index is 632. The first-order valence-electron chi connectivity index (χ1n) is 5.96. The van der Waals surface area contributed by atoms with Gasteiger partial charge in [-0.2, -0.15) is 0 Å². The number of halogens is 1. The van der Waals surface area contributed by atoms with E-state index in [4.69, 9.17) is 10.6 Å². The number of benzene rings is 1. The zero-order valence-corrected chi connectivity index (χ0v) is 12.5. The van der Waals surface area contributed by atoms with Crippen molar-refractivity contribution in [3.8, 4) is 5.75 Å². The van der Waals surface area contributed by atoms with Crippen LogP contribution in [0.4, 0.5) is 0 Å². The van der Waals surface area contributed by atoms with Crippen molar-refractivity contribution in [2.45, 2.75) is 13.5 Å². The van der Waals surface area contributed by atoms with Crippen molar-refractivity contribution in [2.75, 3.05) is 0 Å². The summed E-state index contributed by atoms with van der Waals surface area (Å²) in [5, 5.41) is 0. The summed E-state index contributed by atoms with van der Waals surface area (Å²) in [6, 6.07) is 10.9. The Balaban J connectivity index is 2.11. The molecule has 2 aromatic rings. The molecule has 0 aliphatic carbocycles. The molecule has 0 aliphatic heterocycles. The lowest BCUT2D eigenvalue weighted by atomic mass is 10.2. The van der Waals surface area contributed by atoms with Gasteiger partial charge in [0.15, 0.2) is 0 Å². The van der Waals surface area contributed by atoms with Crippen LogP contribution in [0.2, 0.25) is 0 Å². The summed E-state index contributed by atoms with van der Waals surface area (Å²) in [7, 11) is 0. The highest BCUT2D eigenvalue weighted by Gasteiger charge is 2.07. The highest BCUT2D eigenvalue weighted by Crippen LogP contribution is 2.23. The van der Waals surface area contributed by atoms with Gasteiger partial charge >= 0.3 is 0 Å². The topological polar surface area (TPSA) is 77.2 Å². The predicted octanol–water partition coefficient (Wildman–Crippen LogP) is 2.34. The number of aromatic nitrogens is 1. The van der Waals surface area contributed by atoms with Crippen molar-refractivity contribution in [1.82, 2.24) is 10.4 Å². The smallest absolute Gasteiger partial charge is 0.283 e. The highest BCUT2D eigenvalue weighted by atomic mass is 79.9. The molecule has 1 aromatic carbocycles. The molecule has 0 spiro atoms. The molecule has 0 saturated carbocycles. The largest absolute Gasteiger partial charge is 0.487 e. The molecule has 1 heterocycles. The number of carbonyl (C=O) groups excluding carboxylic acids is 1. The van der Waals surface area contributed by atoms with Crippen LogP contribution in [0.15, 0.2) is 40.9 Å². The lowest BCUT2D eigenvalue weighted by molar-refractivity contribution is 0.0948. The van der Waals surface area contributed by atoms with E-state index in [1.807, 2.05) is 25.1 Å². The zero-order valence-electron chi connectivity index (χ0n) is 10.9. The van der Waals surface area contributed by atoms with Crippen LogP contribution >= 0.6 is 15.9 Å². The number of nitrogens with zero attached hydrogens (tertiary/aromatic N) is 1. The maximum atomic E-state index is 11.4. The standard InChI is InChI=1S/C14H14BrN3O2/c1-9-5-6-10(15)7-13(9)20-8-11-3-2-4-12(17-11)14(19)18-16/h2-7H,8,16H2,1H3,(H,18,19). The Kier molecular flexibility index (Phi) is 4.70. The van der Waals surface area contributed by atoms with E-state index < -0.39 is 5.91 Å². The molecule has 1 amide bonds. The first kappa shape index (κ1) is 14.5. The summed E-state index contributed by atoms with van der Waals surface area (Å²) in [5.41, 5.74) is 4.00. The van der Waals surface area contributed by atoms with Gasteiger partial charge in [0.2, 0.25) is 0 Å². The SMILES string of the molecule is Cc1ccc(Br)cc1OCc1cccc(C(=O)NN)n1. The van der Waals surface area contributed by atoms with Gasteiger partial charge in [0.25, 0.3) is 5.91 Å². The van der Waals surface area contributed by atoms with Crippen LogP contribution in [-0.4, -0.2) is 10.9 Å². The number of rotatable bonds is 4. The minimum Gasteiger partial charge on any atom is -0.487 e. The monoisotopic (exact) mass is 335 g/mol. The molecule has 104 valence electrons. The molecule has 0 unspecified atom stereocenters. The molecule has 0 bridgehead atoms. The number of aryl methyl sites for hydroxylation is 1. The number of hydrazine groups is 1. The predicted molar refractivity (Wildman–Crippen MR) is 79.1 cm³/mol. The van der Waals surface area contributed by atoms with Gasteiger partial charge in [-0.05, 0) is 36.8 Å². The molecular formula is C14H14BrN3O2. The van der Waals surface area contributed by atoms with Gasteiger partial charge in [0.1, 0.15) is 18.1 Å². The number of nitrogen functional groups attached to an aromatic ring is 1. The van der Waals surface area contributed by atoms with Crippen LogP contribution in [0.1, 0.15) is 21.7 Å². The maximum absolute atomic E-state index is 11.4. The normalized spacial score (nSPS) is 10.2. The van der Waals surface area contributed by atoms with E-state index in [1.54, 1.807) is 18.2 Å². The number of nitrogens with one attached hydrogen (secondary N) is 1. The first-order valence-corrected chi connectivity index (χ1v) is 6.75. The molecule has 0 saturated heterocycles. The van der Waals surface area contributed by atoms with Crippen molar-refractivity contribution in [3.05, 3.63) is 57.8 Å². The molecule has 20 heavy (non-hydrogen) atoms. The average Bonchev–Trinajstić information content (AvgIpc) is 2.47. The number of carbonyl (C=O) groups is 1. The fraction of sp³-hybridized carbons (Fsp3) is 0.143. The van der Waals surface area contributed by atoms with E-state index in [-0.39, 0.29) is 12.3 Å². The second-order valence-corrected chi connectivity index (χ2v) is 5.10. The second-order valence-electron chi connectivity index (χ2n) is 4.19. The van der Waals surface area contributed by atoms with Gasteiger partial charge < -0.3 is 4.74 Å². The molecule has 0 radical (unpaired) electrons. The summed E-state index contributed by atoms with van der Waals surface area (Å²) in [5.74, 6) is 5.43. The van der Waals surface area contributed by atoms with Crippen molar-refractivity contribution < 1.29 is 9.53 Å². The Morgan fingerprint density at radius 1 is 1.40 bits per heavy atom. The number of hydrogen-bond acceptors (Lipinski definition) is 4. The summed E-state index contributed by atoms with van der Waals surface area (Å²) in [6.07, 6.45) is 0. The third kappa shape index (κ3) is 3.55. The molecule has 6 heteroatoms. The minimum absolute atomic E-state index is 0.263. The van der Waals surface area contributed by atoms with Gasteiger partial charge in [0, 0.05) is 4.47 Å². The Labute approximate surface area is 125 Å². The van der Waals surface area contributed by atoms with Crippen LogP contribution in [0, 0.1) is 6.92 Å². The molecule has 0 atom stereocenters. The number of nitrogens with two attached hydrogens (primary N) is 1. The first-order chi connectivity index (χ1) is 9.60. The zero-order chi connectivity index (χ0) is 14.5. The van der Waals surface area contributed by atoms with Crippen LogP contribution in [0.25, 0.3) is 0 Å². The molecular weight excluding hydrogens is 322 g/mol. The Morgan fingerprint density at radius 3 is 2.95 bits per heavy atom. The number of amides is 1. The fourth-order valence-electron chi connectivity index (χ4n) is 1.64. The van der Waals surface area contributed by atoms with E-state index in [2.05, 4.69) is 26.3 Å². The van der Waals surface area contributed by atoms with Gasteiger partial charge in [-0.3, -0.25) is 10.2 Å². The van der Waals surface area contributed by atoms with Gasteiger partial charge in [0.05, 0.1) is 5.69 Å². The van der Waals surface area contributed by atoms with Crippen LogP contribution in [0.5, 0.6) is 5.75 Å². The summed E-state index contributed by atoms with van der Waals surface area (Å²) in [4.78, 5) is 15.6. The lowest BCUT2D eigenvalue weighted by Gasteiger charge is -2.09. The maximum Gasteiger partial charge on any atom is 0.283 e. The summed E-state index contributed by atoms with van der Waals surface area (Å²) < 4.78 is 6.66. The van der Waals surface area contributed by atoms with E-state index in [0.29, 0.717) is 5.69 Å². The summed E-state index contributed by atoms with van der Waals surface area (Å²) >= 11 is 3.40. The third-order valence-electron chi connectivity index (χ3n) is 2.70. The lowest BCUT2D eigenvalue weighted by Crippen LogP contribution is -2.30. The van der Waals surface area contributed by atoms with Crippen molar-refractivity contribution in [3.63, 3.8) is 0 Å². The fourth-order valence-corrected chi connectivity index (χ4v) is 1.98. The average molecular weight is 336 g/mol. The number of hydrogen-bond donors (Lipinski definition) is 2. The number of pyridine rings is 1. The highest BCUT2D eigenvalue weighted by molar-refractivity contribution is 9.10. The summed E-state index contributed by atoms with van der Waals surface area (Å²) in [6.45, 7) is 2.25. The third-order valence-corrected chi connectivity index (χ3v) is 3.19. The van der Waals surface area contributed by atoms with Crippen LogP contribution < -0.4 is 16.0 Å². The second kappa shape index (κ2) is 6.49. The van der Waals surface area contributed by atoms with Gasteiger partial charge in [-0.25, -0.2) is 10.8 Å². The van der Waals surface area contributed by atoms with Crippen molar-refractivity contribution >= 4 is 21.8 Å². The van der Waals surface area contributed by atoms with E-state index in [1.165, 1.54) is 0 Å². The van der Waals surface area contributed by atoms with Crippen LogP contribution in [0.3, 0.4) is 0 Å². The van der Waals surface area contributed by atoms with Crippen LogP contribution in [-0.2, 0) is 6.61 Å². The van der Waals surface area contributed by atoms with Gasteiger partial charge in [-0.15, -0.1) is 0 Å². The van der Waals surface area contributed by atoms with Gasteiger partial charge in [-0.1, -0.05) is 28.1 Å². The molecule has 2 rings (SSSR count). The molecule has 0 aliphatic rings. The van der Waals surface area contributed by atoms with E-state index >= 15 is 0 Å². The molecule has 1 aromatic heterocycles. The molecule has 5 nitrogen and oxygen atoms in total. The van der Waals surface area contributed by atoms with Crippen molar-refractivity contribution in [1.29, 1.82) is 0 Å². The Hall–Kier alpha value is -1.92. The number of ether oxygens (including phenoxy) is 1. The van der Waals surface area contributed by atoms with E-state index in [9.17, 15) is 4.79 Å². The quantitative estimate of drug-likeness (QED) is 0.510. The van der Waals surface area contributed by atoms with Crippen molar-refractivity contribution in [2.24, 2.45) is 5.84 Å². The molecule has 3 N–H and O–H groups in total. The Morgan fingerprint density at radius 2 is 2.20 bits per heavy atom. The molecule has 0 fully saturated rings. The van der Waals surface area contributed by atoms with E-state index in [0.717, 1.165) is 15.8 Å².